The molecule has 1 fully saturated rings. The zero-order chi connectivity index (χ0) is 13.9. The highest BCUT2D eigenvalue weighted by molar-refractivity contribution is 5.91. The number of rotatable bonds is 5. The van der Waals surface area contributed by atoms with Crippen molar-refractivity contribution < 1.29 is 14.3 Å². The van der Waals surface area contributed by atoms with Crippen LogP contribution in [0.3, 0.4) is 0 Å². The summed E-state index contributed by atoms with van der Waals surface area (Å²) in [6, 6.07) is 7.41. The molecular formula is C14H20N2O3. The van der Waals surface area contributed by atoms with Gasteiger partial charge >= 0.3 is 6.09 Å². The van der Waals surface area contributed by atoms with Crippen molar-refractivity contribution in [3.8, 4) is 5.75 Å². The average Bonchev–Trinajstić information content (AvgIpc) is 2.73. The van der Waals surface area contributed by atoms with Crippen molar-refractivity contribution in [2.24, 2.45) is 5.73 Å². The first kappa shape index (κ1) is 13.7. The van der Waals surface area contributed by atoms with Gasteiger partial charge in [0.05, 0.1) is 12.6 Å². The molecule has 0 spiro atoms. The Balaban J connectivity index is 2.25. The lowest BCUT2D eigenvalue weighted by atomic mass is 9.95. The number of hydrogen-bond donors (Lipinski definition) is 1. The minimum Gasteiger partial charge on any atom is -0.497 e. The molecule has 1 aliphatic rings. The van der Waals surface area contributed by atoms with Gasteiger partial charge in [0.15, 0.2) is 0 Å². The summed E-state index contributed by atoms with van der Waals surface area (Å²) in [5.74, 6) is 0.764. The highest BCUT2D eigenvalue weighted by atomic mass is 16.6. The Morgan fingerprint density at radius 3 is 2.68 bits per heavy atom. The van der Waals surface area contributed by atoms with Gasteiger partial charge in [0.25, 0.3) is 0 Å². The van der Waals surface area contributed by atoms with E-state index in [2.05, 4.69) is 0 Å². The zero-order valence-electron chi connectivity index (χ0n) is 11.4. The number of benzene rings is 1. The van der Waals surface area contributed by atoms with Crippen LogP contribution in [-0.2, 0) is 4.74 Å². The highest BCUT2D eigenvalue weighted by Gasteiger charge is 2.44. The molecule has 1 heterocycles. The molecule has 5 heteroatoms. The van der Waals surface area contributed by atoms with Crippen LogP contribution in [0.15, 0.2) is 24.3 Å². The lowest BCUT2D eigenvalue weighted by molar-refractivity contribution is 0.173. The number of methoxy groups -OCH3 is 1. The van der Waals surface area contributed by atoms with Crippen LogP contribution in [0.25, 0.3) is 0 Å². The molecule has 1 amide bonds. The Hall–Kier alpha value is -1.75. The maximum Gasteiger partial charge on any atom is 0.415 e. The van der Waals surface area contributed by atoms with Gasteiger partial charge in [-0.2, -0.15) is 0 Å². The van der Waals surface area contributed by atoms with Gasteiger partial charge in [0.1, 0.15) is 12.4 Å². The molecule has 1 saturated heterocycles. The maximum atomic E-state index is 11.9. The second-order valence-electron chi connectivity index (χ2n) is 4.98. The normalized spacial score (nSPS) is 22.5. The van der Waals surface area contributed by atoms with Crippen LogP contribution in [0.1, 0.15) is 19.8 Å². The molecular weight excluding hydrogens is 244 g/mol. The fourth-order valence-electron chi connectivity index (χ4n) is 2.38. The summed E-state index contributed by atoms with van der Waals surface area (Å²) in [6.07, 6.45) is 1.38. The van der Waals surface area contributed by atoms with Crippen LogP contribution < -0.4 is 15.4 Å². The van der Waals surface area contributed by atoms with Gasteiger partial charge in [-0.05, 0) is 50.6 Å². The minimum absolute atomic E-state index is 0.301. The van der Waals surface area contributed by atoms with E-state index in [0.29, 0.717) is 13.2 Å². The summed E-state index contributed by atoms with van der Waals surface area (Å²) >= 11 is 0. The number of nitrogens with zero attached hydrogens (tertiary/aromatic N) is 1. The average molecular weight is 264 g/mol. The minimum atomic E-state index is -0.328. The van der Waals surface area contributed by atoms with Gasteiger partial charge in [-0.3, -0.25) is 4.90 Å². The Labute approximate surface area is 113 Å². The van der Waals surface area contributed by atoms with Crippen LogP contribution in [-0.4, -0.2) is 31.9 Å². The first-order valence-corrected chi connectivity index (χ1v) is 6.42. The third-order valence-corrected chi connectivity index (χ3v) is 3.48. The number of hydrogen-bond acceptors (Lipinski definition) is 4. The van der Waals surface area contributed by atoms with E-state index in [0.717, 1.165) is 24.3 Å². The first-order valence-electron chi connectivity index (χ1n) is 6.42. The Morgan fingerprint density at radius 2 is 2.11 bits per heavy atom. The van der Waals surface area contributed by atoms with Gasteiger partial charge in [0, 0.05) is 5.69 Å². The van der Waals surface area contributed by atoms with Crippen LogP contribution in [0, 0.1) is 0 Å². The Kier molecular flexibility index (Phi) is 3.95. The largest absolute Gasteiger partial charge is 0.497 e. The topological polar surface area (TPSA) is 64.8 Å². The molecule has 1 aliphatic heterocycles. The third kappa shape index (κ3) is 2.66. The van der Waals surface area contributed by atoms with E-state index >= 15 is 0 Å². The summed E-state index contributed by atoms with van der Waals surface area (Å²) in [4.78, 5) is 13.7. The van der Waals surface area contributed by atoms with Gasteiger partial charge in [-0.15, -0.1) is 0 Å². The number of ether oxygens (including phenoxy) is 2. The molecule has 2 rings (SSSR count). The fraction of sp³-hybridized carbons (Fsp3) is 0.500. The maximum absolute atomic E-state index is 11.9. The molecule has 1 aromatic carbocycles. The molecule has 1 atom stereocenters. The molecule has 0 radical (unpaired) electrons. The summed E-state index contributed by atoms with van der Waals surface area (Å²) in [6.45, 7) is 3.04. The molecule has 1 aromatic rings. The quantitative estimate of drug-likeness (QED) is 0.885. The van der Waals surface area contributed by atoms with Crippen molar-refractivity contribution in [3.05, 3.63) is 24.3 Å². The SMILES string of the molecule is COc1ccc(N2C(=O)OCC2(C)CCCN)cc1. The lowest BCUT2D eigenvalue weighted by Gasteiger charge is -2.31. The molecule has 0 aliphatic carbocycles. The molecule has 5 nitrogen and oxygen atoms in total. The summed E-state index contributed by atoms with van der Waals surface area (Å²) < 4.78 is 10.3. The highest BCUT2D eigenvalue weighted by Crippen LogP contribution is 2.34. The number of nitrogens with two attached hydrogens (primary N) is 1. The summed E-state index contributed by atoms with van der Waals surface area (Å²) in [7, 11) is 1.62. The first-order chi connectivity index (χ1) is 9.10. The van der Waals surface area contributed by atoms with Gasteiger partial charge in [0.2, 0.25) is 0 Å². The van der Waals surface area contributed by atoms with E-state index in [1.54, 1.807) is 12.0 Å². The second-order valence-corrected chi connectivity index (χ2v) is 4.98. The smallest absolute Gasteiger partial charge is 0.415 e. The van der Waals surface area contributed by atoms with Crippen molar-refractivity contribution in [1.29, 1.82) is 0 Å². The molecule has 1 unspecified atom stereocenters. The third-order valence-electron chi connectivity index (χ3n) is 3.48. The van der Waals surface area contributed by atoms with E-state index in [1.807, 2.05) is 31.2 Å². The summed E-state index contributed by atoms with van der Waals surface area (Å²) in [5, 5.41) is 0. The van der Waals surface area contributed by atoms with E-state index < -0.39 is 0 Å². The number of amides is 1. The van der Waals surface area contributed by atoms with Crippen LogP contribution in [0.4, 0.5) is 10.5 Å². The van der Waals surface area contributed by atoms with Crippen LogP contribution >= 0.6 is 0 Å². The molecule has 0 bridgehead atoms. The monoisotopic (exact) mass is 264 g/mol. The predicted molar refractivity (Wildman–Crippen MR) is 73.5 cm³/mol. The number of anilines is 1. The molecule has 2 N–H and O–H groups in total. The second kappa shape index (κ2) is 5.48. The number of carbonyl (C=O) groups excluding carboxylic acids is 1. The molecule has 104 valence electrons. The summed E-state index contributed by atoms with van der Waals surface area (Å²) in [5.41, 5.74) is 6.06. The van der Waals surface area contributed by atoms with Crippen molar-refractivity contribution in [2.45, 2.75) is 25.3 Å². The number of cyclic esters (lactones) is 1. The predicted octanol–water partition coefficient (Wildman–Crippen LogP) is 2.15. The van der Waals surface area contributed by atoms with Crippen LogP contribution in [0.2, 0.25) is 0 Å². The van der Waals surface area contributed by atoms with Crippen molar-refractivity contribution >= 4 is 11.8 Å². The molecule has 19 heavy (non-hydrogen) atoms. The van der Waals surface area contributed by atoms with E-state index in [4.69, 9.17) is 15.2 Å². The lowest BCUT2D eigenvalue weighted by Crippen LogP contribution is -2.45. The van der Waals surface area contributed by atoms with E-state index in [1.165, 1.54) is 0 Å². The Bertz CT molecular complexity index is 447. The zero-order valence-corrected chi connectivity index (χ0v) is 11.4. The van der Waals surface area contributed by atoms with E-state index in [-0.39, 0.29) is 11.6 Å². The standard InChI is InChI=1S/C14H20N2O3/c1-14(8-3-9-15)10-19-13(17)16(14)11-4-6-12(18-2)7-5-11/h4-7H,3,8-10,15H2,1-2H3. The molecule has 0 aromatic heterocycles. The van der Waals surface area contributed by atoms with E-state index in [9.17, 15) is 4.79 Å². The van der Waals surface area contributed by atoms with Gasteiger partial charge in [-0.1, -0.05) is 0 Å². The van der Waals surface area contributed by atoms with Gasteiger partial charge in [-0.25, -0.2) is 4.79 Å². The Morgan fingerprint density at radius 1 is 1.42 bits per heavy atom. The van der Waals surface area contributed by atoms with Crippen LogP contribution in [0.5, 0.6) is 5.75 Å². The fourth-order valence-corrected chi connectivity index (χ4v) is 2.38. The van der Waals surface area contributed by atoms with Gasteiger partial charge < -0.3 is 15.2 Å². The number of carbonyl (C=O) groups is 1. The molecule has 0 saturated carbocycles. The van der Waals surface area contributed by atoms with Crippen molar-refractivity contribution in [2.75, 3.05) is 25.2 Å². The van der Waals surface area contributed by atoms with Crippen molar-refractivity contribution in [1.82, 2.24) is 0 Å². The van der Waals surface area contributed by atoms with Crippen molar-refractivity contribution in [3.63, 3.8) is 0 Å².